The smallest absolute Gasteiger partial charge is 0.317 e. The summed E-state index contributed by atoms with van der Waals surface area (Å²) in [7, 11) is -0.971. The van der Waals surface area contributed by atoms with Gasteiger partial charge < -0.3 is 15.1 Å². The molecular formula is C16H25N3O3S. The van der Waals surface area contributed by atoms with Gasteiger partial charge in [0.15, 0.2) is 9.84 Å². The number of urea groups is 1. The van der Waals surface area contributed by atoms with E-state index in [4.69, 9.17) is 0 Å². The van der Waals surface area contributed by atoms with E-state index >= 15 is 0 Å². The van der Waals surface area contributed by atoms with Crippen LogP contribution in [0.15, 0.2) is 30.3 Å². The quantitative estimate of drug-likeness (QED) is 0.822. The van der Waals surface area contributed by atoms with Crippen molar-refractivity contribution in [1.82, 2.24) is 10.2 Å². The molecule has 0 spiro atoms. The van der Waals surface area contributed by atoms with Crippen molar-refractivity contribution in [3.8, 4) is 0 Å². The first-order valence-electron chi connectivity index (χ1n) is 7.90. The zero-order valence-corrected chi connectivity index (χ0v) is 14.6. The second-order valence-electron chi connectivity index (χ2n) is 6.00. The van der Waals surface area contributed by atoms with Crippen molar-refractivity contribution in [3.63, 3.8) is 0 Å². The van der Waals surface area contributed by atoms with Crippen molar-refractivity contribution < 1.29 is 13.2 Å². The number of nitrogens with one attached hydrogen (secondary N) is 1. The highest BCUT2D eigenvalue weighted by atomic mass is 32.2. The van der Waals surface area contributed by atoms with Gasteiger partial charge in [0.25, 0.3) is 0 Å². The zero-order valence-electron chi connectivity index (χ0n) is 13.7. The molecule has 1 aromatic carbocycles. The van der Waals surface area contributed by atoms with Crippen LogP contribution in [0.5, 0.6) is 0 Å². The van der Waals surface area contributed by atoms with Crippen LogP contribution >= 0.6 is 0 Å². The summed E-state index contributed by atoms with van der Waals surface area (Å²) in [5.74, 6) is 0.110. The van der Waals surface area contributed by atoms with E-state index in [2.05, 4.69) is 22.3 Å². The SMILES string of the molecule is CC1CS(=O)(=O)CCN1C(=O)NCCCN(C)c1ccccc1. The summed E-state index contributed by atoms with van der Waals surface area (Å²) in [5, 5.41) is 2.88. The normalized spacial score (nSPS) is 20.1. The lowest BCUT2D eigenvalue weighted by Crippen LogP contribution is -2.53. The Kier molecular flexibility index (Phi) is 5.87. The third-order valence-electron chi connectivity index (χ3n) is 4.07. The standard InChI is InChI=1S/C16H25N3O3S/c1-14-13-23(21,22)12-11-19(14)16(20)17-9-6-10-18(2)15-7-4-3-5-8-15/h3-5,7-8,14H,6,9-13H2,1-2H3,(H,17,20). The van der Waals surface area contributed by atoms with Crippen LogP contribution in [0.25, 0.3) is 0 Å². The second-order valence-corrected chi connectivity index (χ2v) is 8.23. The summed E-state index contributed by atoms with van der Waals surface area (Å²) in [5.41, 5.74) is 1.15. The Labute approximate surface area is 138 Å². The largest absolute Gasteiger partial charge is 0.375 e. The van der Waals surface area contributed by atoms with Crippen LogP contribution in [0.3, 0.4) is 0 Å². The van der Waals surface area contributed by atoms with Crippen LogP contribution in [0.2, 0.25) is 0 Å². The van der Waals surface area contributed by atoms with Crippen LogP contribution in [-0.4, -0.2) is 63.6 Å². The molecule has 1 fully saturated rings. The Balaban J connectivity index is 1.71. The molecule has 7 heteroatoms. The summed E-state index contributed by atoms with van der Waals surface area (Å²) >= 11 is 0. The maximum absolute atomic E-state index is 12.1. The van der Waals surface area contributed by atoms with Crippen molar-refractivity contribution in [3.05, 3.63) is 30.3 Å². The predicted octanol–water partition coefficient (Wildman–Crippen LogP) is 1.34. The van der Waals surface area contributed by atoms with Gasteiger partial charge in [-0.3, -0.25) is 0 Å². The van der Waals surface area contributed by atoms with Gasteiger partial charge in [0.05, 0.1) is 11.5 Å². The molecule has 23 heavy (non-hydrogen) atoms. The minimum absolute atomic E-state index is 0.0527. The number of sulfone groups is 1. The Morgan fingerprint density at radius 3 is 2.70 bits per heavy atom. The maximum atomic E-state index is 12.1. The number of nitrogens with zero attached hydrogens (tertiary/aromatic N) is 2. The zero-order chi connectivity index (χ0) is 16.9. The van der Waals surface area contributed by atoms with Crippen molar-refractivity contribution >= 4 is 21.6 Å². The molecule has 1 unspecified atom stereocenters. The fourth-order valence-corrected chi connectivity index (χ4v) is 4.28. The Morgan fingerprint density at radius 2 is 2.04 bits per heavy atom. The Hall–Kier alpha value is -1.76. The summed E-state index contributed by atoms with van der Waals surface area (Å²) in [6.45, 7) is 3.47. The number of rotatable bonds is 5. The molecule has 6 nitrogen and oxygen atoms in total. The molecule has 1 N–H and O–H groups in total. The van der Waals surface area contributed by atoms with Crippen LogP contribution in [0.1, 0.15) is 13.3 Å². The molecule has 1 aliphatic heterocycles. The highest BCUT2D eigenvalue weighted by Crippen LogP contribution is 2.12. The Bertz CT molecular complexity index is 619. The van der Waals surface area contributed by atoms with Crippen molar-refractivity contribution in [2.75, 3.05) is 43.1 Å². The molecule has 0 saturated carbocycles. The lowest BCUT2D eigenvalue weighted by atomic mass is 10.3. The van der Waals surface area contributed by atoms with E-state index in [1.807, 2.05) is 25.2 Å². The molecule has 1 aromatic rings. The van der Waals surface area contributed by atoms with Crippen molar-refractivity contribution in [1.29, 1.82) is 0 Å². The molecule has 0 bridgehead atoms. The lowest BCUT2D eigenvalue weighted by molar-refractivity contribution is 0.185. The summed E-state index contributed by atoms with van der Waals surface area (Å²) in [6.07, 6.45) is 0.831. The first-order valence-corrected chi connectivity index (χ1v) is 9.72. The van der Waals surface area contributed by atoms with E-state index in [-0.39, 0.29) is 30.1 Å². The van der Waals surface area contributed by atoms with Crippen LogP contribution in [0.4, 0.5) is 10.5 Å². The minimum Gasteiger partial charge on any atom is -0.375 e. The van der Waals surface area contributed by atoms with Gasteiger partial charge in [-0.15, -0.1) is 0 Å². The fraction of sp³-hybridized carbons (Fsp3) is 0.562. The van der Waals surface area contributed by atoms with Gasteiger partial charge in [0, 0.05) is 38.4 Å². The number of hydrogen-bond acceptors (Lipinski definition) is 4. The predicted molar refractivity (Wildman–Crippen MR) is 92.5 cm³/mol. The van der Waals surface area contributed by atoms with Crippen LogP contribution < -0.4 is 10.2 Å². The van der Waals surface area contributed by atoms with Gasteiger partial charge in [0.1, 0.15) is 0 Å². The average Bonchev–Trinajstić information content (AvgIpc) is 2.51. The molecule has 0 aliphatic carbocycles. The van der Waals surface area contributed by atoms with Gasteiger partial charge >= 0.3 is 6.03 Å². The molecule has 0 aromatic heterocycles. The number of para-hydroxylation sites is 1. The summed E-state index contributed by atoms with van der Waals surface area (Å²) in [6, 6.07) is 9.65. The topological polar surface area (TPSA) is 69.7 Å². The number of carbonyl (C=O) groups is 1. The third-order valence-corrected chi connectivity index (χ3v) is 5.87. The van der Waals surface area contributed by atoms with E-state index in [1.54, 1.807) is 11.8 Å². The molecule has 1 atom stereocenters. The van der Waals surface area contributed by atoms with Gasteiger partial charge in [-0.25, -0.2) is 13.2 Å². The van der Waals surface area contributed by atoms with E-state index in [9.17, 15) is 13.2 Å². The first kappa shape index (κ1) is 17.6. The first-order chi connectivity index (χ1) is 10.9. The highest BCUT2D eigenvalue weighted by Gasteiger charge is 2.30. The maximum Gasteiger partial charge on any atom is 0.317 e. The van der Waals surface area contributed by atoms with Gasteiger partial charge in [-0.2, -0.15) is 0 Å². The number of carbonyl (C=O) groups excluding carboxylic acids is 1. The summed E-state index contributed by atoms with van der Waals surface area (Å²) in [4.78, 5) is 15.9. The van der Waals surface area contributed by atoms with Gasteiger partial charge in [-0.1, -0.05) is 18.2 Å². The number of hydrogen-bond donors (Lipinski definition) is 1. The number of amides is 2. The molecule has 1 heterocycles. The molecular weight excluding hydrogens is 314 g/mol. The highest BCUT2D eigenvalue weighted by molar-refractivity contribution is 7.91. The monoisotopic (exact) mass is 339 g/mol. The average molecular weight is 339 g/mol. The molecule has 1 saturated heterocycles. The minimum atomic E-state index is -2.99. The van der Waals surface area contributed by atoms with Gasteiger partial charge in [-0.05, 0) is 25.5 Å². The van der Waals surface area contributed by atoms with Gasteiger partial charge in [0.2, 0.25) is 0 Å². The Morgan fingerprint density at radius 1 is 1.35 bits per heavy atom. The molecule has 128 valence electrons. The van der Waals surface area contributed by atoms with E-state index < -0.39 is 9.84 Å². The lowest BCUT2D eigenvalue weighted by Gasteiger charge is -2.33. The number of benzene rings is 1. The van der Waals surface area contributed by atoms with E-state index in [0.29, 0.717) is 6.54 Å². The number of anilines is 1. The molecule has 2 rings (SSSR count). The molecule has 1 aliphatic rings. The van der Waals surface area contributed by atoms with Crippen LogP contribution in [-0.2, 0) is 9.84 Å². The third kappa shape index (κ3) is 5.13. The molecule has 2 amide bonds. The molecule has 0 radical (unpaired) electrons. The van der Waals surface area contributed by atoms with E-state index in [0.717, 1.165) is 18.7 Å². The summed E-state index contributed by atoms with van der Waals surface area (Å²) < 4.78 is 23.1. The van der Waals surface area contributed by atoms with Crippen molar-refractivity contribution in [2.45, 2.75) is 19.4 Å². The van der Waals surface area contributed by atoms with E-state index in [1.165, 1.54) is 0 Å². The van der Waals surface area contributed by atoms with Crippen LogP contribution in [0, 0.1) is 0 Å². The second kappa shape index (κ2) is 7.68. The van der Waals surface area contributed by atoms with Crippen molar-refractivity contribution in [2.24, 2.45) is 0 Å². The fourth-order valence-electron chi connectivity index (χ4n) is 2.73.